The molecule has 0 radical (unpaired) electrons. The Hall–Kier alpha value is -2.96. The van der Waals surface area contributed by atoms with Gasteiger partial charge in [-0.15, -0.1) is 0 Å². The molecule has 2 aliphatic rings. The molecule has 0 aromatic carbocycles. The molecule has 0 atom stereocenters. The van der Waals surface area contributed by atoms with Crippen LogP contribution in [-0.2, 0) is 0 Å². The first-order valence-electron chi connectivity index (χ1n) is 10.4. The maximum absolute atomic E-state index is 12.6. The van der Waals surface area contributed by atoms with Crippen LogP contribution in [0.5, 0.6) is 0 Å². The second-order valence-corrected chi connectivity index (χ2v) is 7.93. The maximum Gasteiger partial charge on any atom is 0.255 e. The van der Waals surface area contributed by atoms with E-state index in [-0.39, 0.29) is 29.6 Å². The standard InChI is InChI=1S/C22H27N5O2/c23-20-18(21(28)25-17-5-1-2-6-17)7-8-19(26-20)15-9-12-27(13-10-15)22(29)16-4-3-11-24-14-16/h3-4,7-8,11,14-15,17H,1-2,5-6,9-10,12-13H2,(H2,23,26)(H,25,28). The van der Waals surface area contributed by atoms with Gasteiger partial charge in [-0.25, -0.2) is 4.98 Å². The molecular weight excluding hydrogens is 366 g/mol. The fourth-order valence-corrected chi connectivity index (χ4v) is 4.29. The topological polar surface area (TPSA) is 101 Å². The molecule has 4 rings (SSSR count). The number of rotatable bonds is 4. The number of hydrogen-bond donors (Lipinski definition) is 2. The Balaban J connectivity index is 1.36. The van der Waals surface area contributed by atoms with E-state index in [2.05, 4.69) is 15.3 Å². The van der Waals surface area contributed by atoms with Gasteiger partial charge in [-0.05, 0) is 49.9 Å². The van der Waals surface area contributed by atoms with Crippen molar-refractivity contribution in [2.24, 2.45) is 0 Å². The van der Waals surface area contributed by atoms with E-state index >= 15 is 0 Å². The number of aromatic nitrogens is 2. The third-order valence-electron chi connectivity index (χ3n) is 5.99. The summed E-state index contributed by atoms with van der Waals surface area (Å²) >= 11 is 0. The molecule has 3 N–H and O–H groups in total. The molecule has 2 aromatic rings. The van der Waals surface area contributed by atoms with Crippen molar-refractivity contribution in [3.8, 4) is 0 Å². The highest BCUT2D eigenvalue weighted by Crippen LogP contribution is 2.29. The van der Waals surface area contributed by atoms with Crippen molar-refractivity contribution >= 4 is 17.6 Å². The molecule has 2 fully saturated rings. The van der Waals surface area contributed by atoms with Crippen LogP contribution in [-0.4, -0.2) is 45.8 Å². The first kappa shape index (κ1) is 19.4. The summed E-state index contributed by atoms with van der Waals surface area (Å²) in [6.45, 7) is 1.34. The SMILES string of the molecule is Nc1nc(C2CCN(C(=O)c3cccnc3)CC2)ccc1C(=O)NC1CCCC1. The first-order chi connectivity index (χ1) is 14.1. The van der Waals surface area contributed by atoms with Gasteiger partial charge in [0.15, 0.2) is 0 Å². The lowest BCUT2D eigenvalue weighted by Gasteiger charge is -2.32. The number of anilines is 1. The quantitative estimate of drug-likeness (QED) is 0.832. The molecule has 3 heterocycles. The molecule has 1 saturated carbocycles. The zero-order valence-electron chi connectivity index (χ0n) is 16.5. The maximum atomic E-state index is 12.6. The molecule has 1 aliphatic carbocycles. The zero-order valence-corrected chi connectivity index (χ0v) is 16.5. The van der Waals surface area contributed by atoms with E-state index in [9.17, 15) is 9.59 Å². The number of nitrogens with one attached hydrogen (secondary N) is 1. The van der Waals surface area contributed by atoms with Gasteiger partial charge < -0.3 is 16.0 Å². The van der Waals surface area contributed by atoms with Gasteiger partial charge in [-0.3, -0.25) is 14.6 Å². The van der Waals surface area contributed by atoms with Gasteiger partial charge in [0.2, 0.25) is 0 Å². The molecule has 2 amide bonds. The third kappa shape index (κ3) is 4.39. The van der Waals surface area contributed by atoms with Gasteiger partial charge in [0.05, 0.1) is 11.1 Å². The average molecular weight is 393 g/mol. The Morgan fingerprint density at radius 2 is 1.83 bits per heavy atom. The summed E-state index contributed by atoms with van der Waals surface area (Å²) in [4.78, 5) is 35.5. The van der Waals surface area contributed by atoms with Crippen LogP contribution in [0.25, 0.3) is 0 Å². The summed E-state index contributed by atoms with van der Waals surface area (Å²) in [5, 5.41) is 3.06. The van der Waals surface area contributed by atoms with Crippen molar-refractivity contribution in [1.82, 2.24) is 20.2 Å². The second kappa shape index (κ2) is 8.59. The fourth-order valence-electron chi connectivity index (χ4n) is 4.29. The summed E-state index contributed by atoms with van der Waals surface area (Å²) in [6, 6.07) is 7.51. The van der Waals surface area contributed by atoms with Crippen molar-refractivity contribution in [2.75, 3.05) is 18.8 Å². The van der Waals surface area contributed by atoms with Crippen LogP contribution in [0.1, 0.15) is 70.9 Å². The number of carbonyl (C=O) groups is 2. The molecule has 2 aromatic heterocycles. The number of nitrogens with zero attached hydrogens (tertiary/aromatic N) is 3. The number of piperidine rings is 1. The third-order valence-corrected chi connectivity index (χ3v) is 5.99. The normalized spacial score (nSPS) is 18.0. The van der Waals surface area contributed by atoms with Crippen molar-refractivity contribution in [1.29, 1.82) is 0 Å². The molecule has 0 unspecified atom stereocenters. The Kier molecular flexibility index (Phi) is 5.74. The summed E-state index contributed by atoms with van der Waals surface area (Å²) in [5.41, 5.74) is 8.07. The lowest BCUT2D eigenvalue weighted by molar-refractivity contribution is 0.0711. The smallest absolute Gasteiger partial charge is 0.255 e. The summed E-state index contributed by atoms with van der Waals surface area (Å²) < 4.78 is 0. The van der Waals surface area contributed by atoms with E-state index < -0.39 is 0 Å². The van der Waals surface area contributed by atoms with Crippen LogP contribution in [0.3, 0.4) is 0 Å². The highest BCUT2D eigenvalue weighted by atomic mass is 16.2. The van der Waals surface area contributed by atoms with Gasteiger partial charge in [0.1, 0.15) is 5.82 Å². The predicted molar refractivity (Wildman–Crippen MR) is 110 cm³/mol. The molecule has 0 bridgehead atoms. The van der Waals surface area contributed by atoms with Gasteiger partial charge >= 0.3 is 0 Å². The molecule has 7 heteroatoms. The Labute approximate surface area is 170 Å². The van der Waals surface area contributed by atoms with Crippen LogP contribution >= 0.6 is 0 Å². The van der Waals surface area contributed by atoms with Crippen molar-refractivity contribution < 1.29 is 9.59 Å². The number of carbonyl (C=O) groups excluding carboxylic acids is 2. The number of amides is 2. The Morgan fingerprint density at radius 3 is 2.48 bits per heavy atom. The number of pyridine rings is 2. The highest BCUT2D eigenvalue weighted by molar-refractivity contribution is 5.98. The van der Waals surface area contributed by atoms with Crippen molar-refractivity contribution in [3.63, 3.8) is 0 Å². The van der Waals surface area contributed by atoms with Gasteiger partial charge in [-0.1, -0.05) is 12.8 Å². The minimum Gasteiger partial charge on any atom is -0.383 e. The van der Waals surface area contributed by atoms with Crippen LogP contribution in [0.4, 0.5) is 5.82 Å². The zero-order chi connectivity index (χ0) is 20.2. The van der Waals surface area contributed by atoms with E-state index in [4.69, 9.17) is 5.73 Å². The number of nitrogen functional groups attached to an aromatic ring is 1. The van der Waals surface area contributed by atoms with Gasteiger partial charge in [0, 0.05) is 43.1 Å². The van der Waals surface area contributed by atoms with E-state index in [1.54, 1.807) is 30.6 Å². The van der Waals surface area contributed by atoms with Crippen LogP contribution in [0.2, 0.25) is 0 Å². The minimum absolute atomic E-state index is 0.0166. The molecule has 1 saturated heterocycles. The van der Waals surface area contributed by atoms with Crippen molar-refractivity contribution in [2.45, 2.75) is 50.5 Å². The summed E-state index contributed by atoms with van der Waals surface area (Å²) in [7, 11) is 0. The summed E-state index contributed by atoms with van der Waals surface area (Å²) in [6.07, 6.45) is 9.32. The lowest BCUT2D eigenvalue weighted by atomic mass is 9.92. The average Bonchev–Trinajstić information content (AvgIpc) is 3.27. The van der Waals surface area contributed by atoms with Crippen LogP contribution in [0.15, 0.2) is 36.7 Å². The van der Waals surface area contributed by atoms with E-state index in [1.165, 1.54) is 12.8 Å². The molecule has 0 spiro atoms. The largest absolute Gasteiger partial charge is 0.383 e. The number of hydrogen-bond acceptors (Lipinski definition) is 5. The Morgan fingerprint density at radius 1 is 1.07 bits per heavy atom. The summed E-state index contributed by atoms with van der Waals surface area (Å²) in [5.74, 6) is 0.405. The second-order valence-electron chi connectivity index (χ2n) is 7.93. The van der Waals surface area contributed by atoms with Crippen molar-refractivity contribution in [3.05, 3.63) is 53.5 Å². The lowest BCUT2D eigenvalue weighted by Crippen LogP contribution is -2.38. The van der Waals surface area contributed by atoms with Crippen LogP contribution in [0, 0.1) is 0 Å². The first-order valence-corrected chi connectivity index (χ1v) is 10.4. The molecule has 7 nitrogen and oxygen atoms in total. The predicted octanol–water partition coefficient (Wildman–Crippen LogP) is 2.75. The van der Waals surface area contributed by atoms with E-state index in [1.807, 2.05) is 11.0 Å². The highest BCUT2D eigenvalue weighted by Gasteiger charge is 2.26. The molecule has 1 aliphatic heterocycles. The molecular formula is C22H27N5O2. The number of nitrogens with two attached hydrogens (primary N) is 1. The van der Waals surface area contributed by atoms with Crippen LogP contribution < -0.4 is 11.1 Å². The van der Waals surface area contributed by atoms with Gasteiger partial charge in [-0.2, -0.15) is 0 Å². The monoisotopic (exact) mass is 393 g/mol. The molecule has 29 heavy (non-hydrogen) atoms. The Bertz CT molecular complexity index is 872. The van der Waals surface area contributed by atoms with E-state index in [0.29, 0.717) is 24.2 Å². The molecule has 152 valence electrons. The minimum atomic E-state index is -0.134. The number of likely N-dealkylation sites (tertiary alicyclic amines) is 1. The van der Waals surface area contributed by atoms with E-state index in [0.717, 1.165) is 31.4 Å². The van der Waals surface area contributed by atoms with Gasteiger partial charge in [0.25, 0.3) is 11.8 Å². The fraction of sp³-hybridized carbons (Fsp3) is 0.455.